The van der Waals surface area contributed by atoms with E-state index in [1.165, 1.54) is 12.0 Å². The van der Waals surface area contributed by atoms with Crippen molar-refractivity contribution in [1.29, 1.82) is 0 Å². The smallest absolute Gasteiger partial charge is 0.155 e. The second-order valence-corrected chi connectivity index (χ2v) is 3.28. The molecule has 0 radical (unpaired) electrons. The molecule has 14 heavy (non-hydrogen) atoms. The third-order valence-corrected chi connectivity index (χ3v) is 2.07. The minimum Gasteiger partial charge on any atom is -0.378 e. The molecule has 0 fully saturated rings. The quantitative estimate of drug-likeness (QED) is 0.777. The molecule has 0 aliphatic rings. The minimum atomic E-state index is 0.801. The summed E-state index contributed by atoms with van der Waals surface area (Å²) in [5.41, 5.74) is 2.22. The number of hydrogen-bond donors (Lipinski definition) is 1. The van der Waals surface area contributed by atoms with Crippen LogP contribution in [0.5, 0.6) is 0 Å². The van der Waals surface area contributed by atoms with E-state index >= 15 is 0 Å². The predicted molar refractivity (Wildman–Crippen MR) is 56.1 cm³/mol. The highest BCUT2D eigenvalue weighted by Crippen LogP contribution is 2.18. The number of nitrogens with zero attached hydrogens (tertiary/aromatic N) is 3. The van der Waals surface area contributed by atoms with Gasteiger partial charge in [0.05, 0.1) is 0 Å². The summed E-state index contributed by atoms with van der Waals surface area (Å²) in [6.45, 7) is 0. The van der Waals surface area contributed by atoms with Crippen LogP contribution in [0.3, 0.4) is 0 Å². The van der Waals surface area contributed by atoms with Crippen molar-refractivity contribution in [3.05, 3.63) is 30.6 Å². The van der Waals surface area contributed by atoms with Crippen LogP contribution in [0.25, 0.3) is 11.4 Å². The zero-order valence-electron chi connectivity index (χ0n) is 8.23. The van der Waals surface area contributed by atoms with Crippen LogP contribution in [-0.2, 0) is 0 Å². The maximum absolute atomic E-state index is 4.08. The third-order valence-electron chi connectivity index (χ3n) is 2.07. The molecule has 1 aromatic heterocycles. The van der Waals surface area contributed by atoms with Crippen molar-refractivity contribution in [3.8, 4) is 11.4 Å². The zero-order chi connectivity index (χ0) is 9.97. The maximum atomic E-state index is 4.08. The molecule has 0 unspecified atom stereocenters. The highest BCUT2D eigenvalue weighted by Gasteiger charge is 2.00. The molecule has 72 valence electrons. The summed E-state index contributed by atoms with van der Waals surface area (Å²) in [5.74, 6) is 0.801. The normalized spacial score (nSPS) is 10.1. The van der Waals surface area contributed by atoms with Crippen molar-refractivity contribution in [3.63, 3.8) is 0 Å². The molecule has 1 aromatic carbocycles. The Morgan fingerprint density at radius 3 is 2.36 bits per heavy atom. The average Bonchev–Trinajstić information content (AvgIpc) is 2.71. The lowest BCUT2D eigenvalue weighted by molar-refractivity contribution is 1.09. The Hall–Kier alpha value is -1.84. The molecule has 0 saturated carbocycles. The summed E-state index contributed by atoms with van der Waals surface area (Å²) < 4.78 is 0. The van der Waals surface area contributed by atoms with E-state index in [0.717, 1.165) is 11.4 Å². The molecule has 0 spiro atoms. The van der Waals surface area contributed by atoms with Crippen LogP contribution in [0, 0.1) is 0 Å². The van der Waals surface area contributed by atoms with E-state index in [0.29, 0.717) is 0 Å². The second kappa shape index (κ2) is 3.49. The van der Waals surface area contributed by atoms with E-state index in [2.05, 4.69) is 32.2 Å². The number of aromatic amines is 1. The van der Waals surface area contributed by atoms with Gasteiger partial charge in [-0.25, -0.2) is 4.98 Å². The van der Waals surface area contributed by atoms with Crippen LogP contribution in [0.4, 0.5) is 5.69 Å². The number of anilines is 1. The Bertz CT molecular complexity index is 389. The molecule has 0 amide bonds. The third kappa shape index (κ3) is 1.59. The van der Waals surface area contributed by atoms with Crippen molar-refractivity contribution in [2.24, 2.45) is 0 Å². The summed E-state index contributed by atoms with van der Waals surface area (Å²) in [5, 5.41) is 6.64. The molecular formula is C10H12N4. The van der Waals surface area contributed by atoms with Gasteiger partial charge >= 0.3 is 0 Å². The molecule has 4 heteroatoms. The number of benzene rings is 1. The first-order chi connectivity index (χ1) is 6.77. The topological polar surface area (TPSA) is 44.8 Å². The lowest BCUT2D eigenvalue weighted by Gasteiger charge is -2.11. The molecule has 2 rings (SSSR count). The first kappa shape index (κ1) is 8.74. The van der Waals surface area contributed by atoms with Crippen LogP contribution in [0.2, 0.25) is 0 Å². The molecule has 1 heterocycles. The zero-order valence-corrected chi connectivity index (χ0v) is 8.23. The summed E-state index contributed by atoms with van der Waals surface area (Å²) in [7, 11) is 4.03. The van der Waals surface area contributed by atoms with Gasteiger partial charge in [-0.05, 0) is 24.3 Å². The molecule has 0 saturated heterocycles. The lowest BCUT2D eigenvalue weighted by Crippen LogP contribution is -2.07. The van der Waals surface area contributed by atoms with Gasteiger partial charge in [0.1, 0.15) is 6.33 Å². The van der Waals surface area contributed by atoms with Crippen molar-refractivity contribution >= 4 is 5.69 Å². The number of rotatable bonds is 2. The largest absolute Gasteiger partial charge is 0.378 e. The Balaban J connectivity index is 2.31. The second-order valence-electron chi connectivity index (χ2n) is 3.28. The van der Waals surface area contributed by atoms with E-state index in [4.69, 9.17) is 0 Å². The maximum Gasteiger partial charge on any atom is 0.155 e. The van der Waals surface area contributed by atoms with Crippen molar-refractivity contribution < 1.29 is 0 Å². The fourth-order valence-corrected chi connectivity index (χ4v) is 1.26. The standard InChI is InChI=1S/C10H12N4/c1-14(2)9-5-3-8(4-6-9)10-11-7-12-13-10/h3-7H,1-2H3,(H,11,12,13). The van der Waals surface area contributed by atoms with Crippen molar-refractivity contribution in [2.75, 3.05) is 19.0 Å². The lowest BCUT2D eigenvalue weighted by atomic mass is 10.2. The molecule has 0 atom stereocenters. The minimum absolute atomic E-state index is 0.801. The van der Waals surface area contributed by atoms with E-state index in [9.17, 15) is 0 Å². The number of H-pyrrole nitrogens is 1. The van der Waals surface area contributed by atoms with Gasteiger partial charge in [-0.2, -0.15) is 5.10 Å². The Morgan fingerprint density at radius 2 is 1.86 bits per heavy atom. The number of aromatic nitrogens is 3. The first-order valence-corrected chi connectivity index (χ1v) is 4.40. The highest BCUT2D eigenvalue weighted by atomic mass is 15.2. The predicted octanol–water partition coefficient (Wildman–Crippen LogP) is 1.54. The van der Waals surface area contributed by atoms with Gasteiger partial charge in [-0.1, -0.05) is 0 Å². The number of hydrogen-bond acceptors (Lipinski definition) is 3. The molecule has 4 nitrogen and oxygen atoms in total. The Kier molecular flexibility index (Phi) is 2.18. The summed E-state index contributed by atoms with van der Waals surface area (Å²) >= 11 is 0. The Morgan fingerprint density at radius 1 is 1.14 bits per heavy atom. The SMILES string of the molecule is CN(C)c1ccc(-c2ncn[nH]2)cc1. The van der Waals surface area contributed by atoms with Crippen LogP contribution < -0.4 is 4.90 Å². The van der Waals surface area contributed by atoms with Crippen LogP contribution in [-0.4, -0.2) is 29.3 Å². The van der Waals surface area contributed by atoms with Crippen molar-refractivity contribution in [2.45, 2.75) is 0 Å². The van der Waals surface area contributed by atoms with Gasteiger partial charge in [0.15, 0.2) is 5.82 Å². The summed E-state index contributed by atoms with van der Waals surface area (Å²) in [6, 6.07) is 8.15. The monoisotopic (exact) mass is 188 g/mol. The molecule has 0 aliphatic carbocycles. The number of nitrogens with one attached hydrogen (secondary N) is 1. The van der Waals surface area contributed by atoms with Gasteiger partial charge in [0.25, 0.3) is 0 Å². The summed E-state index contributed by atoms with van der Waals surface area (Å²) in [6.07, 6.45) is 1.51. The van der Waals surface area contributed by atoms with Gasteiger partial charge in [-0.15, -0.1) is 0 Å². The van der Waals surface area contributed by atoms with Crippen LogP contribution >= 0.6 is 0 Å². The van der Waals surface area contributed by atoms with E-state index in [1.807, 2.05) is 26.2 Å². The molecule has 2 aromatic rings. The van der Waals surface area contributed by atoms with E-state index < -0.39 is 0 Å². The van der Waals surface area contributed by atoms with Gasteiger partial charge in [0.2, 0.25) is 0 Å². The fraction of sp³-hybridized carbons (Fsp3) is 0.200. The van der Waals surface area contributed by atoms with Crippen LogP contribution in [0.1, 0.15) is 0 Å². The Labute approximate surface area is 82.6 Å². The average molecular weight is 188 g/mol. The summed E-state index contributed by atoms with van der Waals surface area (Å²) in [4.78, 5) is 6.14. The first-order valence-electron chi connectivity index (χ1n) is 4.40. The molecule has 1 N–H and O–H groups in total. The van der Waals surface area contributed by atoms with E-state index in [-0.39, 0.29) is 0 Å². The van der Waals surface area contributed by atoms with Crippen LogP contribution in [0.15, 0.2) is 30.6 Å². The van der Waals surface area contributed by atoms with Gasteiger partial charge in [-0.3, -0.25) is 5.10 Å². The van der Waals surface area contributed by atoms with Gasteiger partial charge in [0, 0.05) is 25.3 Å². The van der Waals surface area contributed by atoms with E-state index in [1.54, 1.807) is 0 Å². The van der Waals surface area contributed by atoms with Crippen molar-refractivity contribution in [1.82, 2.24) is 15.2 Å². The fourth-order valence-electron chi connectivity index (χ4n) is 1.26. The molecular weight excluding hydrogens is 176 g/mol. The molecule has 0 aliphatic heterocycles. The highest BCUT2D eigenvalue weighted by molar-refractivity contribution is 5.59. The van der Waals surface area contributed by atoms with Gasteiger partial charge < -0.3 is 4.90 Å². The molecule has 0 bridgehead atoms.